The second kappa shape index (κ2) is 6.13. The molecule has 1 atom stereocenters. The van der Waals surface area contributed by atoms with E-state index in [1.165, 1.54) is 24.8 Å². The van der Waals surface area contributed by atoms with Crippen LogP contribution >= 0.6 is 0 Å². The Hall–Kier alpha value is -0.800. The van der Waals surface area contributed by atoms with Crippen LogP contribution in [0.25, 0.3) is 0 Å². The number of nitrogens with zero attached hydrogens (tertiary/aromatic N) is 1. The monoisotopic (exact) mass is 307 g/mol. The van der Waals surface area contributed by atoms with Gasteiger partial charge in [-0.3, -0.25) is 0 Å². The van der Waals surface area contributed by atoms with Gasteiger partial charge in [0.15, 0.2) is 0 Å². The largest absolute Gasteiger partial charge is 0.248 e. The highest BCUT2D eigenvalue weighted by Crippen LogP contribution is 2.28. The molecule has 0 aliphatic heterocycles. The fraction of sp³-hybridized carbons (Fsp3) is 0.611. The van der Waals surface area contributed by atoms with Crippen LogP contribution in [0.15, 0.2) is 29.2 Å². The van der Waals surface area contributed by atoms with Crippen LogP contribution in [0.1, 0.15) is 58.4 Å². The molecule has 0 N–H and O–H groups in total. The molecule has 1 aliphatic rings. The van der Waals surface area contributed by atoms with Gasteiger partial charge in [-0.25, -0.2) is 8.51 Å². The van der Waals surface area contributed by atoms with Crippen molar-refractivity contribution >= 4 is 15.6 Å². The third-order valence-corrected chi connectivity index (χ3v) is 6.88. The molecule has 2 nitrogen and oxygen atoms in total. The minimum atomic E-state index is -2.37. The van der Waals surface area contributed by atoms with Crippen molar-refractivity contribution in [3.05, 3.63) is 29.8 Å². The van der Waals surface area contributed by atoms with Gasteiger partial charge in [0.05, 0.1) is 9.71 Å². The molecule has 0 saturated heterocycles. The smallest absolute Gasteiger partial charge is 0.0558 e. The van der Waals surface area contributed by atoms with Gasteiger partial charge in [0.1, 0.15) is 0 Å². The Labute approximate surface area is 130 Å². The number of rotatable bonds is 3. The van der Waals surface area contributed by atoms with E-state index in [4.69, 9.17) is 0 Å². The van der Waals surface area contributed by atoms with Gasteiger partial charge in [0.2, 0.25) is 0 Å². The second-order valence-electron chi connectivity index (χ2n) is 7.25. The molecule has 1 saturated carbocycles. The van der Waals surface area contributed by atoms with Gasteiger partial charge < -0.3 is 0 Å². The molecule has 0 amide bonds. The fourth-order valence-electron chi connectivity index (χ4n) is 3.02. The maximum absolute atomic E-state index is 13.2. The van der Waals surface area contributed by atoms with Gasteiger partial charge in [-0.05, 0) is 48.9 Å². The quantitative estimate of drug-likeness (QED) is 0.765. The Morgan fingerprint density at radius 3 is 2.10 bits per heavy atom. The molecule has 1 fully saturated rings. The summed E-state index contributed by atoms with van der Waals surface area (Å²) in [5, 5.41) is 0. The number of benzene rings is 1. The lowest BCUT2D eigenvalue weighted by molar-refractivity contribution is 0.295. The zero-order valence-electron chi connectivity index (χ0n) is 13.9. The summed E-state index contributed by atoms with van der Waals surface area (Å²) in [7, 11) is -0.392. The summed E-state index contributed by atoms with van der Waals surface area (Å²) in [6.07, 6.45) is 6.08. The SMILES string of the molecule is C=S(=O)(c1ccc(C(C)(C)C)cc1)N(C)C1CCCCC1. The lowest BCUT2D eigenvalue weighted by Gasteiger charge is -2.33. The van der Waals surface area contributed by atoms with Crippen molar-refractivity contribution < 1.29 is 4.21 Å². The molecule has 0 heterocycles. The van der Waals surface area contributed by atoms with E-state index in [9.17, 15) is 4.21 Å². The van der Waals surface area contributed by atoms with Crippen LogP contribution in [0.3, 0.4) is 0 Å². The molecule has 0 radical (unpaired) electrons. The normalized spacial score (nSPS) is 20.4. The summed E-state index contributed by atoms with van der Waals surface area (Å²) >= 11 is 0. The molecule has 0 bridgehead atoms. The van der Waals surface area contributed by atoms with Crippen LogP contribution in [-0.4, -0.2) is 27.5 Å². The van der Waals surface area contributed by atoms with Gasteiger partial charge in [-0.15, -0.1) is 0 Å². The number of hydrogen-bond donors (Lipinski definition) is 0. The maximum atomic E-state index is 13.2. The Morgan fingerprint density at radius 2 is 1.62 bits per heavy atom. The van der Waals surface area contributed by atoms with Crippen LogP contribution in [-0.2, 0) is 15.1 Å². The Bertz CT molecular complexity index is 560. The lowest BCUT2D eigenvalue weighted by atomic mass is 9.87. The Kier molecular flexibility index (Phi) is 4.84. The first-order valence-corrected chi connectivity index (χ1v) is 9.62. The van der Waals surface area contributed by atoms with Crippen molar-refractivity contribution in [2.75, 3.05) is 7.05 Å². The average Bonchev–Trinajstić information content (AvgIpc) is 2.46. The average molecular weight is 308 g/mol. The predicted octanol–water partition coefficient (Wildman–Crippen LogP) is 4.24. The molecule has 21 heavy (non-hydrogen) atoms. The van der Waals surface area contributed by atoms with E-state index in [0.29, 0.717) is 6.04 Å². The fourth-order valence-corrected chi connectivity index (χ4v) is 4.61. The van der Waals surface area contributed by atoms with E-state index < -0.39 is 9.71 Å². The van der Waals surface area contributed by atoms with Crippen molar-refractivity contribution in [1.82, 2.24) is 4.31 Å². The van der Waals surface area contributed by atoms with E-state index >= 15 is 0 Å². The van der Waals surface area contributed by atoms with Crippen molar-refractivity contribution in [1.29, 1.82) is 0 Å². The van der Waals surface area contributed by atoms with E-state index in [-0.39, 0.29) is 5.41 Å². The maximum Gasteiger partial charge on any atom is 0.0558 e. The van der Waals surface area contributed by atoms with Gasteiger partial charge in [0.25, 0.3) is 0 Å². The van der Waals surface area contributed by atoms with Gasteiger partial charge >= 0.3 is 0 Å². The summed E-state index contributed by atoms with van der Waals surface area (Å²) in [5.41, 5.74) is 1.39. The minimum absolute atomic E-state index is 0.121. The molecule has 0 aromatic heterocycles. The molecule has 2 rings (SSSR count). The zero-order chi connectivity index (χ0) is 15.7. The predicted molar refractivity (Wildman–Crippen MR) is 93.3 cm³/mol. The highest BCUT2D eigenvalue weighted by molar-refractivity contribution is 7.98. The van der Waals surface area contributed by atoms with Gasteiger partial charge in [0, 0.05) is 10.9 Å². The second-order valence-corrected chi connectivity index (χ2v) is 9.58. The van der Waals surface area contributed by atoms with Crippen LogP contribution in [0.5, 0.6) is 0 Å². The van der Waals surface area contributed by atoms with Crippen LogP contribution < -0.4 is 0 Å². The summed E-state index contributed by atoms with van der Waals surface area (Å²) in [5.74, 6) is 4.06. The molecule has 1 unspecified atom stereocenters. The van der Waals surface area contributed by atoms with Gasteiger partial charge in [-0.1, -0.05) is 52.2 Å². The standard InChI is InChI=1S/C18H29NOS/c1-18(2,3)15-11-13-17(14-12-15)21(5,20)19(4)16-9-7-6-8-10-16/h11-14,16H,5-10H2,1-4H3. The number of hydrogen-bond acceptors (Lipinski definition) is 1. The lowest BCUT2D eigenvalue weighted by Crippen LogP contribution is -2.38. The molecular weight excluding hydrogens is 278 g/mol. The van der Waals surface area contributed by atoms with E-state index in [2.05, 4.69) is 38.8 Å². The van der Waals surface area contributed by atoms with Crippen LogP contribution in [0.2, 0.25) is 0 Å². The van der Waals surface area contributed by atoms with Crippen molar-refractivity contribution in [3.63, 3.8) is 0 Å². The molecule has 118 valence electrons. The van der Waals surface area contributed by atoms with Crippen LogP contribution in [0, 0.1) is 0 Å². The zero-order valence-corrected chi connectivity index (χ0v) is 14.7. The molecule has 3 heteroatoms. The highest BCUT2D eigenvalue weighted by atomic mass is 32.2. The molecule has 1 aromatic carbocycles. The first kappa shape index (κ1) is 16.6. The highest BCUT2D eigenvalue weighted by Gasteiger charge is 2.25. The molecular formula is C18H29NOS. The van der Waals surface area contributed by atoms with Crippen molar-refractivity contribution in [3.8, 4) is 0 Å². The van der Waals surface area contributed by atoms with Crippen LogP contribution in [0.4, 0.5) is 0 Å². The van der Waals surface area contributed by atoms with E-state index in [1.54, 1.807) is 0 Å². The summed E-state index contributed by atoms with van der Waals surface area (Å²) in [4.78, 5) is 0.851. The molecule has 1 aromatic rings. The van der Waals surface area contributed by atoms with Crippen molar-refractivity contribution in [2.24, 2.45) is 0 Å². The first-order chi connectivity index (χ1) is 9.73. The topological polar surface area (TPSA) is 20.3 Å². The third-order valence-electron chi connectivity index (χ3n) is 4.64. The Balaban J connectivity index is 2.22. The van der Waals surface area contributed by atoms with E-state index in [0.717, 1.165) is 17.7 Å². The van der Waals surface area contributed by atoms with Crippen molar-refractivity contribution in [2.45, 2.75) is 69.2 Å². The summed E-state index contributed by atoms with van der Waals surface area (Å²) < 4.78 is 15.2. The van der Waals surface area contributed by atoms with Gasteiger partial charge in [-0.2, -0.15) is 0 Å². The minimum Gasteiger partial charge on any atom is -0.248 e. The Morgan fingerprint density at radius 1 is 1.10 bits per heavy atom. The molecule has 1 aliphatic carbocycles. The molecule has 0 spiro atoms. The first-order valence-electron chi connectivity index (χ1n) is 7.94. The third kappa shape index (κ3) is 3.70. The summed E-state index contributed by atoms with van der Waals surface area (Å²) in [6.45, 7) is 6.58. The summed E-state index contributed by atoms with van der Waals surface area (Å²) in [6, 6.07) is 8.58. The van der Waals surface area contributed by atoms with E-state index in [1.807, 2.05) is 23.5 Å².